The van der Waals surface area contributed by atoms with Crippen LogP contribution in [0.15, 0.2) is 6.08 Å². The molecule has 1 aromatic rings. The number of carbonyl (C=O) groups is 1. The zero-order valence-corrected chi connectivity index (χ0v) is 7.19. The highest BCUT2D eigenvalue weighted by molar-refractivity contribution is 5.84. The van der Waals surface area contributed by atoms with E-state index in [9.17, 15) is 4.79 Å². The second kappa shape index (κ2) is 5.90. The van der Waals surface area contributed by atoms with Crippen LogP contribution in [0.1, 0.15) is 5.82 Å². The van der Waals surface area contributed by atoms with E-state index < -0.39 is 11.1 Å². The lowest BCUT2D eigenvalue weighted by Crippen LogP contribution is -1.87. The van der Waals surface area contributed by atoms with Crippen molar-refractivity contribution in [1.82, 2.24) is 15.2 Å². The predicted octanol–water partition coefficient (Wildman–Crippen LogP) is -0.863. The number of carboxylic acid groups (broad SMARTS) is 1. The number of nitrogens with zero attached hydrogens (tertiary/aromatic N) is 3. The summed E-state index contributed by atoms with van der Waals surface area (Å²) in [6.07, 6.45) is 2.21. The van der Waals surface area contributed by atoms with Crippen LogP contribution in [0.2, 0.25) is 0 Å². The minimum Gasteiger partial charge on any atom is -0.478 e. The van der Waals surface area contributed by atoms with Crippen molar-refractivity contribution in [2.24, 2.45) is 0 Å². The van der Waals surface area contributed by atoms with Crippen LogP contribution in [0.4, 0.5) is 5.95 Å². The fourth-order valence-corrected chi connectivity index (χ4v) is 0.513. The van der Waals surface area contributed by atoms with Gasteiger partial charge in [0.25, 0.3) is 5.09 Å². The number of anilines is 1. The maximum atomic E-state index is 10.00. The van der Waals surface area contributed by atoms with Gasteiger partial charge in [-0.3, -0.25) is 5.10 Å². The Morgan fingerprint density at radius 3 is 2.53 bits per heavy atom. The zero-order valence-electron chi connectivity index (χ0n) is 7.19. The molecule has 0 aliphatic rings. The van der Waals surface area contributed by atoms with Gasteiger partial charge in [-0.1, -0.05) is 0 Å². The van der Waals surface area contributed by atoms with Gasteiger partial charge in [0.15, 0.2) is 5.82 Å². The van der Waals surface area contributed by atoms with E-state index in [-0.39, 0.29) is 5.95 Å². The summed E-state index contributed by atoms with van der Waals surface area (Å²) < 4.78 is 0. The number of H-pyrrole nitrogens is 1. The molecule has 10 heteroatoms. The lowest BCUT2D eigenvalue weighted by Gasteiger charge is -1.78. The van der Waals surface area contributed by atoms with Gasteiger partial charge in [0.05, 0.1) is 0 Å². The lowest BCUT2D eigenvalue weighted by molar-refractivity contribution is -0.742. The van der Waals surface area contributed by atoms with E-state index in [0.29, 0.717) is 5.82 Å². The molecule has 0 unspecified atom stereocenters. The summed E-state index contributed by atoms with van der Waals surface area (Å²) in [5, 5.41) is 27.8. The largest absolute Gasteiger partial charge is 0.478 e. The summed E-state index contributed by atoms with van der Waals surface area (Å²) in [6.45, 7) is 0. The molecule has 0 radical (unpaired) electrons. The van der Waals surface area contributed by atoms with Gasteiger partial charge >= 0.3 is 5.97 Å². The zero-order chi connectivity index (χ0) is 11.8. The second-order valence-corrected chi connectivity index (χ2v) is 1.99. The molecule has 0 bridgehead atoms. The first kappa shape index (κ1) is 12.3. The van der Waals surface area contributed by atoms with E-state index in [2.05, 4.69) is 15.2 Å². The number of nitrogens with one attached hydrogen (secondary N) is 1. The number of aromatic nitrogens is 3. The van der Waals surface area contributed by atoms with E-state index in [4.69, 9.17) is 26.2 Å². The Kier molecular flexibility index (Phi) is 4.86. The van der Waals surface area contributed by atoms with Crippen molar-refractivity contribution in [2.75, 3.05) is 5.73 Å². The van der Waals surface area contributed by atoms with Crippen LogP contribution in [-0.4, -0.2) is 36.6 Å². The first-order valence-electron chi connectivity index (χ1n) is 3.34. The molecule has 5 N–H and O–H groups in total. The predicted molar refractivity (Wildman–Crippen MR) is 46.2 cm³/mol. The van der Waals surface area contributed by atoms with Gasteiger partial charge in [-0.05, 0) is 6.08 Å². The topological polar surface area (TPSA) is 168 Å². The van der Waals surface area contributed by atoms with Crippen LogP contribution in [0.5, 0.6) is 0 Å². The molecule has 0 saturated carbocycles. The summed E-state index contributed by atoms with van der Waals surface area (Å²) in [4.78, 5) is 22.0. The average Bonchev–Trinajstić information content (AvgIpc) is 2.47. The molecule has 0 fully saturated rings. The molecule has 0 aliphatic carbocycles. The highest BCUT2D eigenvalue weighted by Crippen LogP contribution is 1.94. The van der Waals surface area contributed by atoms with Gasteiger partial charge in [0, 0.05) is 6.08 Å². The van der Waals surface area contributed by atoms with Crippen LogP contribution in [0.3, 0.4) is 0 Å². The van der Waals surface area contributed by atoms with Crippen molar-refractivity contribution in [3.63, 3.8) is 0 Å². The molecule has 1 rings (SSSR count). The van der Waals surface area contributed by atoms with E-state index >= 15 is 0 Å². The van der Waals surface area contributed by atoms with Crippen molar-refractivity contribution in [3.8, 4) is 0 Å². The first-order chi connectivity index (χ1) is 6.91. The number of aromatic amines is 1. The van der Waals surface area contributed by atoms with E-state index in [1.807, 2.05) is 0 Å². The quantitative estimate of drug-likeness (QED) is 0.281. The Morgan fingerprint density at radius 1 is 1.67 bits per heavy atom. The van der Waals surface area contributed by atoms with Gasteiger partial charge in [-0.25, -0.2) is 4.79 Å². The van der Waals surface area contributed by atoms with Crippen LogP contribution in [-0.2, 0) is 4.79 Å². The molecule has 1 aromatic heterocycles. The Hall–Kier alpha value is -2.65. The highest BCUT2D eigenvalue weighted by atomic mass is 16.9. The van der Waals surface area contributed by atoms with Gasteiger partial charge < -0.3 is 16.0 Å². The third kappa shape index (κ3) is 7.70. The fraction of sp³-hybridized carbons (Fsp3) is 0. The average molecular weight is 217 g/mol. The number of rotatable bonds is 2. The highest BCUT2D eigenvalue weighted by Gasteiger charge is 1.94. The van der Waals surface area contributed by atoms with E-state index in [1.54, 1.807) is 0 Å². The summed E-state index contributed by atoms with van der Waals surface area (Å²) in [6, 6.07) is 0. The van der Waals surface area contributed by atoms with Gasteiger partial charge in [0.1, 0.15) is 0 Å². The SMILES string of the molecule is Nc1n[nH]c(/C=C/C(=O)O)n1.O=[N+]([O-])O. The fourth-order valence-electron chi connectivity index (χ4n) is 0.513. The molecule has 10 nitrogen and oxygen atoms in total. The van der Waals surface area contributed by atoms with E-state index in [0.717, 1.165) is 6.08 Å². The standard InChI is InChI=1S/C5H6N4O2.HNO3/c6-5-7-3(8-9-5)1-2-4(10)11;2-1(3)4/h1-2H,(H,10,11)(H3,6,7,8,9);(H,2,3,4)/b2-1+;. The minimum absolute atomic E-state index is 0.0926. The number of nitrogens with two attached hydrogens (primary N) is 1. The van der Waals surface area contributed by atoms with Crippen molar-refractivity contribution in [2.45, 2.75) is 0 Å². The van der Waals surface area contributed by atoms with E-state index in [1.165, 1.54) is 6.08 Å². The molecule has 1 heterocycles. The smallest absolute Gasteiger partial charge is 0.328 e. The van der Waals surface area contributed by atoms with Crippen molar-refractivity contribution >= 4 is 18.0 Å². The van der Waals surface area contributed by atoms with Gasteiger partial charge in [-0.2, -0.15) is 4.98 Å². The molecule has 0 saturated heterocycles. The Bertz CT molecular complexity index is 368. The maximum absolute atomic E-state index is 10.00. The number of nitrogen functional groups attached to an aromatic ring is 1. The molecule has 15 heavy (non-hydrogen) atoms. The Balaban J connectivity index is 0.000000423. The molecule has 0 aliphatic heterocycles. The summed E-state index contributed by atoms with van der Waals surface area (Å²) >= 11 is 0. The molecule has 0 amide bonds. The molecule has 82 valence electrons. The molecule has 0 atom stereocenters. The molecular weight excluding hydrogens is 210 g/mol. The summed E-state index contributed by atoms with van der Waals surface area (Å²) in [7, 11) is 0. The molecule has 0 aromatic carbocycles. The minimum atomic E-state index is -1.50. The molecule has 0 spiro atoms. The lowest BCUT2D eigenvalue weighted by atomic mass is 10.5. The van der Waals surface area contributed by atoms with Crippen LogP contribution < -0.4 is 5.73 Å². The third-order valence-corrected chi connectivity index (χ3v) is 0.904. The summed E-state index contributed by atoms with van der Waals surface area (Å²) in [5.74, 6) is -0.625. The first-order valence-corrected chi connectivity index (χ1v) is 3.34. The molecular formula is C5H7N5O5. The van der Waals surface area contributed by atoms with Crippen LogP contribution in [0, 0.1) is 10.1 Å². The Morgan fingerprint density at radius 2 is 2.20 bits per heavy atom. The van der Waals surface area contributed by atoms with Crippen LogP contribution >= 0.6 is 0 Å². The monoisotopic (exact) mass is 217 g/mol. The number of carboxylic acids is 1. The Labute approximate surface area is 82.2 Å². The van der Waals surface area contributed by atoms with Crippen LogP contribution in [0.25, 0.3) is 6.08 Å². The van der Waals surface area contributed by atoms with Crippen molar-refractivity contribution in [3.05, 3.63) is 22.0 Å². The van der Waals surface area contributed by atoms with Gasteiger partial charge in [-0.15, -0.1) is 15.2 Å². The van der Waals surface area contributed by atoms with Crippen molar-refractivity contribution in [1.29, 1.82) is 0 Å². The number of aliphatic carboxylic acids is 1. The number of hydrogen-bond donors (Lipinski definition) is 4. The summed E-state index contributed by atoms with van der Waals surface area (Å²) in [5.41, 5.74) is 5.15. The maximum Gasteiger partial charge on any atom is 0.328 e. The van der Waals surface area contributed by atoms with Crippen molar-refractivity contribution < 1.29 is 20.2 Å². The normalized spacial score (nSPS) is 9.33. The third-order valence-electron chi connectivity index (χ3n) is 0.904. The second-order valence-electron chi connectivity index (χ2n) is 1.99. The van der Waals surface area contributed by atoms with Gasteiger partial charge in [0.2, 0.25) is 5.95 Å². The number of hydrogen-bond acceptors (Lipinski definition) is 6.